The van der Waals surface area contributed by atoms with Crippen molar-refractivity contribution >= 4 is 16.9 Å². The molecular weight excluding hydrogens is 242 g/mol. The predicted octanol–water partition coefficient (Wildman–Crippen LogP) is 3.15. The minimum Gasteiger partial charge on any atom is -0.359 e. The van der Waals surface area contributed by atoms with Gasteiger partial charge in [-0.15, -0.1) is 0 Å². The number of amidine groups is 1. The van der Waals surface area contributed by atoms with Crippen molar-refractivity contribution in [2.75, 3.05) is 5.75 Å². The number of nitrogens with zero attached hydrogens (tertiary/aromatic N) is 2. The van der Waals surface area contributed by atoms with Crippen molar-refractivity contribution in [2.24, 2.45) is 4.99 Å². The monoisotopic (exact) mass is 261 g/mol. The second-order valence-electron chi connectivity index (χ2n) is 5.30. The number of aromatic nitrogens is 1. The van der Waals surface area contributed by atoms with Crippen LogP contribution in [0.2, 0.25) is 0 Å². The molecule has 1 atom stereocenters. The molecule has 1 unspecified atom stereocenters. The van der Waals surface area contributed by atoms with Gasteiger partial charge in [-0.25, -0.2) is 0 Å². The van der Waals surface area contributed by atoms with Gasteiger partial charge in [-0.05, 0) is 31.4 Å². The molecule has 2 heterocycles. The molecule has 1 N–H and O–H groups in total. The molecule has 0 bridgehead atoms. The van der Waals surface area contributed by atoms with Crippen molar-refractivity contribution in [3.05, 3.63) is 30.1 Å². The zero-order chi connectivity index (χ0) is 12.4. The smallest absolute Gasteiger partial charge is 0.157 e. The van der Waals surface area contributed by atoms with Crippen LogP contribution in [0, 0.1) is 0 Å². The summed E-state index contributed by atoms with van der Waals surface area (Å²) >= 11 is 1.88. The highest BCUT2D eigenvalue weighted by molar-refractivity contribution is 8.14. The first kappa shape index (κ1) is 12.0. The normalized spacial score (nSPS) is 25.5. The van der Waals surface area contributed by atoms with E-state index in [1.54, 1.807) is 6.20 Å². The third-order valence-corrected chi connectivity index (χ3v) is 5.07. The van der Waals surface area contributed by atoms with Gasteiger partial charge in [0.05, 0.1) is 6.04 Å². The van der Waals surface area contributed by atoms with Crippen LogP contribution < -0.4 is 5.32 Å². The lowest BCUT2D eigenvalue weighted by molar-refractivity contribution is 0.452. The average molecular weight is 261 g/mol. The molecule has 1 saturated carbocycles. The van der Waals surface area contributed by atoms with Gasteiger partial charge < -0.3 is 5.32 Å². The molecule has 0 amide bonds. The molecule has 2 fully saturated rings. The van der Waals surface area contributed by atoms with Crippen LogP contribution in [-0.2, 0) is 0 Å². The Morgan fingerprint density at radius 3 is 3.00 bits per heavy atom. The first-order valence-corrected chi connectivity index (χ1v) is 7.65. The second-order valence-corrected chi connectivity index (χ2v) is 6.26. The van der Waals surface area contributed by atoms with Crippen molar-refractivity contribution in [3.63, 3.8) is 0 Å². The Bertz CT molecular complexity index is 438. The first-order chi connectivity index (χ1) is 8.77. The van der Waals surface area contributed by atoms with E-state index in [2.05, 4.69) is 23.3 Å². The molecule has 2 aliphatic rings. The molecule has 4 heteroatoms. The van der Waals surface area contributed by atoms with Gasteiger partial charge in [-0.2, -0.15) is 0 Å². The fraction of sp³-hybridized carbons (Fsp3) is 0.571. The summed E-state index contributed by atoms with van der Waals surface area (Å²) in [5.41, 5.74) is 1.54. The van der Waals surface area contributed by atoms with Gasteiger partial charge in [0.15, 0.2) is 5.17 Å². The fourth-order valence-corrected chi connectivity index (χ4v) is 4.06. The number of hydrogen-bond donors (Lipinski definition) is 1. The molecule has 0 aromatic carbocycles. The maximum atomic E-state index is 4.79. The quantitative estimate of drug-likeness (QED) is 0.888. The zero-order valence-electron chi connectivity index (χ0n) is 10.7. The lowest BCUT2D eigenvalue weighted by Crippen LogP contribution is -2.40. The van der Waals surface area contributed by atoms with Crippen LogP contribution in [0.15, 0.2) is 29.5 Å². The number of hydrogen-bond acceptors (Lipinski definition) is 3. The summed E-state index contributed by atoms with van der Waals surface area (Å²) in [5, 5.41) is 4.78. The van der Waals surface area contributed by atoms with Crippen molar-refractivity contribution < 1.29 is 0 Å². The highest BCUT2D eigenvalue weighted by Gasteiger charge is 2.39. The van der Waals surface area contributed by atoms with E-state index in [-0.39, 0.29) is 6.04 Å². The van der Waals surface area contributed by atoms with Gasteiger partial charge in [-0.1, -0.05) is 30.7 Å². The summed E-state index contributed by atoms with van der Waals surface area (Å²) in [5.74, 6) is 1.19. The van der Waals surface area contributed by atoms with Crippen molar-refractivity contribution in [1.82, 2.24) is 10.3 Å². The largest absolute Gasteiger partial charge is 0.359 e. The molecule has 0 radical (unpaired) electrons. The van der Waals surface area contributed by atoms with E-state index < -0.39 is 0 Å². The molecule has 96 valence electrons. The third-order valence-electron chi connectivity index (χ3n) is 3.90. The molecule has 1 saturated heterocycles. The molecular formula is C14H19N3S. The van der Waals surface area contributed by atoms with E-state index in [1.807, 2.05) is 24.0 Å². The van der Waals surface area contributed by atoms with E-state index in [4.69, 9.17) is 4.99 Å². The van der Waals surface area contributed by atoms with Crippen LogP contribution in [0.4, 0.5) is 0 Å². The summed E-state index contributed by atoms with van der Waals surface area (Å²) in [6, 6.07) is 4.25. The fourth-order valence-electron chi connectivity index (χ4n) is 2.77. The zero-order valence-corrected chi connectivity index (χ0v) is 11.5. The van der Waals surface area contributed by atoms with E-state index in [0.29, 0.717) is 5.54 Å². The maximum absolute atomic E-state index is 4.79. The summed E-state index contributed by atoms with van der Waals surface area (Å²) in [7, 11) is 0. The van der Waals surface area contributed by atoms with Crippen LogP contribution in [0.5, 0.6) is 0 Å². The highest BCUT2D eigenvalue weighted by Crippen LogP contribution is 2.38. The minimum absolute atomic E-state index is 0.185. The van der Waals surface area contributed by atoms with Crippen LogP contribution in [-0.4, -0.2) is 21.4 Å². The van der Waals surface area contributed by atoms with Crippen molar-refractivity contribution in [3.8, 4) is 0 Å². The lowest BCUT2D eigenvalue weighted by atomic mass is 10.0. The minimum atomic E-state index is 0.185. The number of pyridine rings is 1. The molecule has 3 rings (SSSR count). The van der Waals surface area contributed by atoms with E-state index in [9.17, 15) is 0 Å². The van der Waals surface area contributed by atoms with Crippen LogP contribution in [0.3, 0.4) is 0 Å². The Morgan fingerprint density at radius 2 is 2.28 bits per heavy atom. The molecule has 1 aliphatic heterocycles. The van der Waals surface area contributed by atoms with E-state index >= 15 is 0 Å². The van der Waals surface area contributed by atoms with Gasteiger partial charge in [-0.3, -0.25) is 9.98 Å². The Labute approximate surface area is 112 Å². The molecule has 1 aromatic heterocycles. The van der Waals surface area contributed by atoms with Gasteiger partial charge in [0, 0.05) is 23.7 Å². The summed E-state index contributed by atoms with van der Waals surface area (Å²) in [4.78, 5) is 8.95. The van der Waals surface area contributed by atoms with Crippen molar-refractivity contribution in [1.29, 1.82) is 0 Å². The summed E-state index contributed by atoms with van der Waals surface area (Å²) < 4.78 is 0. The standard InChI is InChI=1S/C14H19N3S/c1-11(12-5-4-8-15-9-12)16-13-17-14(10-18-13)6-2-3-7-14/h4-5,8-9,11H,2-3,6-7,10H2,1H3,(H,16,17). The Kier molecular flexibility index (Phi) is 3.29. The highest BCUT2D eigenvalue weighted by atomic mass is 32.2. The van der Waals surface area contributed by atoms with E-state index in [0.717, 1.165) is 5.17 Å². The summed E-state index contributed by atoms with van der Waals surface area (Å²) in [6.07, 6.45) is 9.04. The van der Waals surface area contributed by atoms with Crippen LogP contribution >= 0.6 is 11.8 Å². The number of thioether (sulfide) groups is 1. The lowest BCUT2D eigenvalue weighted by Gasteiger charge is -2.22. The summed E-state index contributed by atoms with van der Waals surface area (Å²) in [6.45, 7) is 2.13. The molecule has 3 nitrogen and oxygen atoms in total. The predicted molar refractivity (Wildman–Crippen MR) is 76.9 cm³/mol. The number of nitrogens with one attached hydrogen (secondary N) is 1. The van der Waals surface area contributed by atoms with E-state index in [1.165, 1.54) is 37.0 Å². The molecule has 1 spiro atoms. The van der Waals surface area contributed by atoms with Gasteiger partial charge in [0.2, 0.25) is 0 Å². The SMILES string of the molecule is CC(N=C1NC2(CCCC2)CS1)c1cccnc1. The van der Waals surface area contributed by atoms with Gasteiger partial charge >= 0.3 is 0 Å². The maximum Gasteiger partial charge on any atom is 0.157 e. The number of rotatable bonds is 2. The molecule has 1 aliphatic carbocycles. The molecule has 18 heavy (non-hydrogen) atoms. The Balaban J connectivity index is 1.70. The topological polar surface area (TPSA) is 37.3 Å². The number of aliphatic imine (C=N–C) groups is 1. The van der Waals surface area contributed by atoms with Gasteiger partial charge in [0.1, 0.15) is 0 Å². The van der Waals surface area contributed by atoms with Crippen LogP contribution in [0.1, 0.15) is 44.2 Å². The third kappa shape index (κ3) is 2.39. The Morgan fingerprint density at radius 1 is 1.44 bits per heavy atom. The second kappa shape index (κ2) is 4.92. The van der Waals surface area contributed by atoms with Gasteiger partial charge in [0.25, 0.3) is 0 Å². The molecule has 1 aromatic rings. The Hall–Kier alpha value is -1.03. The first-order valence-electron chi connectivity index (χ1n) is 6.66. The van der Waals surface area contributed by atoms with Crippen LogP contribution in [0.25, 0.3) is 0 Å². The van der Waals surface area contributed by atoms with Crippen molar-refractivity contribution in [2.45, 2.75) is 44.2 Å². The average Bonchev–Trinajstić information content (AvgIpc) is 3.02.